The molecule has 1 N–H and O–H groups in total. The zero-order valence-electron chi connectivity index (χ0n) is 9.46. The maximum atomic E-state index is 4.53. The van der Waals surface area contributed by atoms with Gasteiger partial charge in [-0.25, -0.2) is 4.98 Å². The van der Waals surface area contributed by atoms with Crippen LogP contribution in [-0.4, -0.2) is 11.5 Å². The molecule has 1 saturated carbocycles. The first-order valence-electron chi connectivity index (χ1n) is 6.02. The number of aryl methyl sites for hydroxylation is 1. The van der Waals surface area contributed by atoms with E-state index in [2.05, 4.69) is 22.6 Å². The number of thiazole rings is 1. The predicted octanol–water partition coefficient (Wildman–Crippen LogP) is 2.99. The maximum absolute atomic E-state index is 4.53. The Hall–Kier alpha value is -0.410. The minimum absolute atomic E-state index is 0.946. The third-order valence-corrected chi connectivity index (χ3v) is 3.91. The summed E-state index contributed by atoms with van der Waals surface area (Å²) in [5.41, 5.74) is 1.21. The summed E-state index contributed by atoms with van der Waals surface area (Å²) in [6, 6.07) is 0. The summed E-state index contributed by atoms with van der Waals surface area (Å²) >= 11 is 1.78. The van der Waals surface area contributed by atoms with E-state index in [-0.39, 0.29) is 0 Å². The van der Waals surface area contributed by atoms with E-state index in [0.29, 0.717) is 0 Å². The van der Waals surface area contributed by atoms with E-state index < -0.39 is 0 Å². The molecule has 2 nitrogen and oxygen atoms in total. The van der Waals surface area contributed by atoms with Gasteiger partial charge in [-0.2, -0.15) is 0 Å². The lowest BCUT2D eigenvalue weighted by atomic mass is 10.2. The molecule has 1 aliphatic carbocycles. The standard InChI is InChI=1S/C12H20N2S/c1-2-12-14-11(9-15-12)8-13-7-3-4-10-5-6-10/h9-10,13H,2-8H2,1H3. The summed E-state index contributed by atoms with van der Waals surface area (Å²) in [5.74, 6) is 1.07. The van der Waals surface area contributed by atoms with Gasteiger partial charge in [-0.05, 0) is 31.7 Å². The molecule has 0 amide bonds. The Balaban J connectivity index is 1.56. The largest absolute Gasteiger partial charge is 0.311 e. The molecule has 1 heterocycles. The molecule has 1 aromatic rings. The van der Waals surface area contributed by atoms with Gasteiger partial charge in [0.1, 0.15) is 0 Å². The van der Waals surface area contributed by atoms with E-state index in [0.717, 1.165) is 25.4 Å². The summed E-state index contributed by atoms with van der Waals surface area (Å²) in [4.78, 5) is 4.53. The van der Waals surface area contributed by atoms with Crippen molar-refractivity contribution in [1.82, 2.24) is 10.3 Å². The summed E-state index contributed by atoms with van der Waals surface area (Å²) in [6.45, 7) is 4.25. The molecule has 1 aliphatic rings. The highest BCUT2D eigenvalue weighted by Crippen LogP contribution is 2.33. The Labute approximate surface area is 96.1 Å². The molecule has 0 unspecified atom stereocenters. The highest BCUT2D eigenvalue weighted by atomic mass is 32.1. The van der Waals surface area contributed by atoms with Gasteiger partial charge in [-0.1, -0.05) is 19.8 Å². The Morgan fingerprint density at radius 3 is 3.07 bits per heavy atom. The number of aromatic nitrogens is 1. The molecule has 84 valence electrons. The van der Waals surface area contributed by atoms with Crippen molar-refractivity contribution in [1.29, 1.82) is 0 Å². The lowest BCUT2D eigenvalue weighted by Gasteiger charge is -2.01. The van der Waals surface area contributed by atoms with E-state index in [1.165, 1.54) is 36.4 Å². The van der Waals surface area contributed by atoms with Crippen LogP contribution in [0.15, 0.2) is 5.38 Å². The number of nitrogens with one attached hydrogen (secondary N) is 1. The first-order chi connectivity index (χ1) is 7.38. The molecule has 0 aromatic carbocycles. The van der Waals surface area contributed by atoms with Crippen LogP contribution >= 0.6 is 11.3 Å². The minimum Gasteiger partial charge on any atom is -0.311 e. The molecule has 3 heteroatoms. The van der Waals surface area contributed by atoms with Crippen molar-refractivity contribution in [3.8, 4) is 0 Å². The van der Waals surface area contributed by atoms with E-state index in [4.69, 9.17) is 0 Å². The van der Waals surface area contributed by atoms with Gasteiger partial charge in [0, 0.05) is 11.9 Å². The van der Waals surface area contributed by atoms with Crippen molar-refractivity contribution in [3.05, 3.63) is 16.1 Å². The molecule has 0 saturated heterocycles. The van der Waals surface area contributed by atoms with Gasteiger partial charge in [-0.15, -0.1) is 11.3 Å². The van der Waals surface area contributed by atoms with Gasteiger partial charge < -0.3 is 5.32 Å². The lowest BCUT2D eigenvalue weighted by molar-refractivity contribution is 0.590. The van der Waals surface area contributed by atoms with Crippen LogP contribution < -0.4 is 5.32 Å². The summed E-state index contributed by atoms with van der Waals surface area (Å²) in [6.07, 6.45) is 6.77. The van der Waals surface area contributed by atoms with Gasteiger partial charge >= 0.3 is 0 Å². The molecule has 2 rings (SSSR count). The topological polar surface area (TPSA) is 24.9 Å². The SMILES string of the molecule is CCc1nc(CNCCCC2CC2)cs1. The predicted molar refractivity (Wildman–Crippen MR) is 65.2 cm³/mol. The van der Waals surface area contributed by atoms with E-state index in [1.54, 1.807) is 11.3 Å². The van der Waals surface area contributed by atoms with Crippen LogP contribution in [0, 0.1) is 5.92 Å². The number of rotatable bonds is 7. The van der Waals surface area contributed by atoms with Crippen LogP contribution in [-0.2, 0) is 13.0 Å². The fourth-order valence-corrected chi connectivity index (χ4v) is 2.48. The normalized spacial score (nSPS) is 15.8. The molecule has 0 radical (unpaired) electrons. The second-order valence-electron chi connectivity index (χ2n) is 4.35. The van der Waals surface area contributed by atoms with Gasteiger partial charge in [0.2, 0.25) is 0 Å². The maximum Gasteiger partial charge on any atom is 0.0926 e. The van der Waals surface area contributed by atoms with Gasteiger partial charge in [-0.3, -0.25) is 0 Å². The third kappa shape index (κ3) is 3.92. The number of hydrogen-bond donors (Lipinski definition) is 1. The van der Waals surface area contributed by atoms with Crippen molar-refractivity contribution in [3.63, 3.8) is 0 Å². The Morgan fingerprint density at radius 2 is 2.40 bits per heavy atom. The van der Waals surface area contributed by atoms with Crippen molar-refractivity contribution in [2.75, 3.05) is 6.54 Å². The number of hydrogen-bond acceptors (Lipinski definition) is 3. The van der Waals surface area contributed by atoms with Crippen molar-refractivity contribution >= 4 is 11.3 Å². The molecule has 0 atom stereocenters. The fraction of sp³-hybridized carbons (Fsp3) is 0.750. The molecule has 0 spiro atoms. The van der Waals surface area contributed by atoms with Crippen LogP contribution in [0.4, 0.5) is 0 Å². The summed E-state index contributed by atoms with van der Waals surface area (Å²) < 4.78 is 0. The minimum atomic E-state index is 0.946. The second-order valence-corrected chi connectivity index (χ2v) is 5.29. The van der Waals surface area contributed by atoms with Crippen molar-refractivity contribution < 1.29 is 0 Å². The van der Waals surface area contributed by atoms with E-state index in [9.17, 15) is 0 Å². The molecule has 0 aliphatic heterocycles. The smallest absolute Gasteiger partial charge is 0.0926 e. The highest BCUT2D eigenvalue weighted by Gasteiger charge is 2.19. The molecule has 15 heavy (non-hydrogen) atoms. The highest BCUT2D eigenvalue weighted by molar-refractivity contribution is 7.09. The summed E-state index contributed by atoms with van der Waals surface area (Å²) in [5, 5.41) is 6.89. The average molecular weight is 224 g/mol. The molecular weight excluding hydrogens is 204 g/mol. The van der Waals surface area contributed by atoms with E-state index >= 15 is 0 Å². The first kappa shape index (κ1) is 11.1. The van der Waals surface area contributed by atoms with Crippen LogP contribution in [0.2, 0.25) is 0 Å². The summed E-state index contributed by atoms with van der Waals surface area (Å²) in [7, 11) is 0. The first-order valence-corrected chi connectivity index (χ1v) is 6.90. The van der Waals surface area contributed by atoms with E-state index in [1.807, 2.05) is 0 Å². The average Bonchev–Trinajstić information content (AvgIpc) is 2.96. The van der Waals surface area contributed by atoms with Crippen molar-refractivity contribution in [2.24, 2.45) is 5.92 Å². The molecule has 0 bridgehead atoms. The van der Waals surface area contributed by atoms with Crippen LogP contribution in [0.3, 0.4) is 0 Å². The van der Waals surface area contributed by atoms with Gasteiger partial charge in [0.15, 0.2) is 0 Å². The lowest BCUT2D eigenvalue weighted by Crippen LogP contribution is -2.15. The van der Waals surface area contributed by atoms with Crippen LogP contribution in [0.5, 0.6) is 0 Å². The molecule has 1 aromatic heterocycles. The zero-order chi connectivity index (χ0) is 10.5. The van der Waals surface area contributed by atoms with Crippen LogP contribution in [0.25, 0.3) is 0 Å². The third-order valence-electron chi connectivity index (χ3n) is 2.87. The second kappa shape index (κ2) is 5.61. The van der Waals surface area contributed by atoms with Crippen molar-refractivity contribution in [2.45, 2.75) is 45.6 Å². The van der Waals surface area contributed by atoms with Crippen LogP contribution in [0.1, 0.15) is 43.3 Å². The molecular formula is C12H20N2S. The Kier molecular flexibility index (Phi) is 4.15. The molecule has 1 fully saturated rings. The Morgan fingerprint density at radius 1 is 1.53 bits per heavy atom. The van der Waals surface area contributed by atoms with Gasteiger partial charge in [0.25, 0.3) is 0 Å². The number of nitrogens with zero attached hydrogens (tertiary/aromatic N) is 1. The quantitative estimate of drug-likeness (QED) is 0.720. The van der Waals surface area contributed by atoms with Gasteiger partial charge in [0.05, 0.1) is 10.7 Å². The fourth-order valence-electron chi connectivity index (χ4n) is 1.73. The Bertz CT molecular complexity index is 292. The monoisotopic (exact) mass is 224 g/mol. The zero-order valence-corrected chi connectivity index (χ0v) is 10.3.